The molecule has 1 heterocycles. The Morgan fingerprint density at radius 1 is 1.25 bits per heavy atom. The second-order valence-electron chi connectivity index (χ2n) is 5.68. The van der Waals surface area contributed by atoms with Gasteiger partial charge in [0.15, 0.2) is 0 Å². The lowest BCUT2D eigenvalue weighted by Crippen LogP contribution is -2.38. The van der Waals surface area contributed by atoms with Crippen LogP contribution in [0.1, 0.15) is 37.8 Å². The third-order valence-corrected chi connectivity index (χ3v) is 4.22. The molecular formula is C14H19NO. The minimum Gasteiger partial charge on any atom is -0.389 e. The second-order valence-corrected chi connectivity index (χ2v) is 5.68. The van der Waals surface area contributed by atoms with Crippen LogP contribution in [0.5, 0.6) is 0 Å². The maximum atomic E-state index is 10.7. The lowest BCUT2D eigenvalue weighted by atomic mass is 9.75. The van der Waals surface area contributed by atoms with E-state index in [-0.39, 0.29) is 0 Å². The topological polar surface area (TPSA) is 33.1 Å². The van der Waals surface area contributed by atoms with Crippen LogP contribution in [0.15, 0.2) is 24.4 Å². The highest BCUT2D eigenvalue weighted by molar-refractivity contribution is 5.09. The molecule has 16 heavy (non-hydrogen) atoms. The van der Waals surface area contributed by atoms with Gasteiger partial charge in [-0.3, -0.25) is 4.98 Å². The van der Waals surface area contributed by atoms with Crippen molar-refractivity contribution in [1.29, 1.82) is 0 Å². The van der Waals surface area contributed by atoms with Crippen LogP contribution < -0.4 is 0 Å². The largest absolute Gasteiger partial charge is 0.389 e. The Morgan fingerprint density at radius 3 is 2.62 bits per heavy atom. The van der Waals surface area contributed by atoms with Crippen LogP contribution >= 0.6 is 0 Å². The Hall–Kier alpha value is -0.890. The van der Waals surface area contributed by atoms with Gasteiger partial charge in [-0.1, -0.05) is 18.9 Å². The van der Waals surface area contributed by atoms with Crippen molar-refractivity contribution in [2.75, 3.05) is 0 Å². The van der Waals surface area contributed by atoms with Crippen LogP contribution in [-0.4, -0.2) is 15.7 Å². The van der Waals surface area contributed by atoms with Gasteiger partial charge in [0.25, 0.3) is 0 Å². The van der Waals surface area contributed by atoms with Gasteiger partial charge in [-0.05, 0) is 43.2 Å². The lowest BCUT2D eigenvalue weighted by Gasteiger charge is -2.36. The van der Waals surface area contributed by atoms with Crippen molar-refractivity contribution in [3.05, 3.63) is 30.1 Å². The van der Waals surface area contributed by atoms with E-state index in [9.17, 15) is 5.11 Å². The maximum absolute atomic E-state index is 10.7. The highest BCUT2D eigenvalue weighted by Gasteiger charge is 2.42. The Morgan fingerprint density at radius 2 is 2.00 bits per heavy atom. The van der Waals surface area contributed by atoms with E-state index in [4.69, 9.17) is 0 Å². The number of fused-ring (bicyclic) bond motifs is 2. The third kappa shape index (κ3) is 1.99. The monoisotopic (exact) mass is 217 g/mol. The predicted octanol–water partition coefficient (Wildman–Crippen LogP) is 2.57. The van der Waals surface area contributed by atoms with E-state index < -0.39 is 5.60 Å². The van der Waals surface area contributed by atoms with Gasteiger partial charge in [0.1, 0.15) is 0 Å². The molecule has 0 saturated heterocycles. The number of nitrogens with zero attached hydrogens (tertiary/aromatic N) is 1. The quantitative estimate of drug-likeness (QED) is 0.826. The molecule has 2 nitrogen and oxygen atoms in total. The van der Waals surface area contributed by atoms with Crippen molar-refractivity contribution in [1.82, 2.24) is 4.98 Å². The predicted molar refractivity (Wildman–Crippen MR) is 63.0 cm³/mol. The summed E-state index contributed by atoms with van der Waals surface area (Å²) in [6.45, 7) is 0. The number of rotatable bonds is 2. The fourth-order valence-corrected chi connectivity index (χ4v) is 3.69. The highest BCUT2D eigenvalue weighted by atomic mass is 16.3. The molecule has 0 spiro atoms. The zero-order valence-corrected chi connectivity index (χ0v) is 9.60. The van der Waals surface area contributed by atoms with E-state index in [1.54, 1.807) is 0 Å². The first kappa shape index (κ1) is 10.3. The molecule has 2 aliphatic rings. The van der Waals surface area contributed by atoms with Gasteiger partial charge < -0.3 is 5.11 Å². The minimum atomic E-state index is -0.474. The molecular weight excluding hydrogens is 198 g/mol. The van der Waals surface area contributed by atoms with E-state index >= 15 is 0 Å². The van der Waals surface area contributed by atoms with E-state index in [1.165, 1.54) is 19.3 Å². The number of pyridine rings is 1. The molecule has 3 atom stereocenters. The van der Waals surface area contributed by atoms with Crippen LogP contribution in [0.2, 0.25) is 0 Å². The molecule has 2 bridgehead atoms. The molecule has 2 heteroatoms. The summed E-state index contributed by atoms with van der Waals surface area (Å²) in [6, 6.07) is 5.95. The van der Waals surface area contributed by atoms with Crippen LogP contribution in [-0.2, 0) is 6.42 Å². The van der Waals surface area contributed by atoms with Crippen molar-refractivity contribution in [2.45, 2.75) is 44.1 Å². The molecule has 1 unspecified atom stereocenters. The van der Waals surface area contributed by atoms with Gasteiger partial charge in [-0.2, -0.15) is 0 Å². The summed E-state index contributed by atoms with van der Waals surface area (Å²) in [5.74, 6) is 1.54. The second kappa shape index (κ2) is 3.85. The summed E-state index contributed by atoms with van der Waals surface area (Å²) in [5, 5.41) is 10.7. The summed E-state index contributed by atoms with van der Waals surface area (Å²) in [6.07, 6.45) is 8.53. The Kier molecular flexibility index (Phi) is 2.47. The average Bonchev–Trinajstić information content (AvgIpc) is 2.59. The normalized spacial score (nSPS) is 37.6. The molecule has 1 aromatic rings. The van der Waals surface area contributed by atoms with Gasteiger partial charge in [-0.25, -0.2) is 0 Å². The van der Waals surface area contributed by atoms with Gasteiger partial charge in [-0.15, -0.1) is 0 Å². The smallest absolute Gasteiger partial charge is 0.0708 e. The van der Waals surface area contributed by atoms with E-state index in [2.05, 4.69) is 4.98 Å². The first-order valence-corrected chi connectivity index (χ1v) is 6.36. The number of aromatic nitrogens is 1. The molecule has 0 amide bonds. The summed E-state index contributed by atoms with van der Waals surface area (Å²) in [5.41, 5.74) is 0.560. The van der Waals surface area contributed by atoms with Gasteiger partial charge >= 0.3 is 0 Å². The molecule has 0 aliphatic heterocycles. The zero-order valence-electron chi connectivity index (χ0n) is 9.60. The molecule has 1 aromatic heterocycles. The highest BCUT2D eigenvalue weighted by Crippen LogP contribution is 2.47. The van der Waals surface area contributed by atoms with Crippen molar-refractivity contribution in [2.24, 2.45) is 11.8 Å². The maximum Gasteiger partial charge on any atom is 0.0708 e. The molecule has 2 fully saturated rings. The Labute approximate surface area is 96.7 Å². The molecule has 2 saturated carbocycles. The molecule has 2 aliphatic carbocycles. The van der Waals surface area contributed by atoms with Crippen LogP contribution in [0.3, 0.4) is 0 Å². The van der Waals surface area contributed by atoms with E-state index in [0.29, 0.717) is 0 Å². The zero-order chi connectivity index (χ0) is 11.0. The Balaban J connectivity index is 1.74. The minimum absolute atomic E-state index is 0.474. The van der Waals surface area contributed by atoms with Crippen molar-refractivity contribution < 1.29 is 5.11 Å². The molecule has 86 valence electrons. The van der Waals surface area contributed by atoms with E-state index in [0.717, 1.165) is 36.8 Å². The molecule has 0 radical (unpaired) electrons. The summed E-state index contributed by atoms with van der Waals surface area (Å²) < 4.78 is 0. The molecule has 0 aromatic carbocycles. The van der Waals surface area contributed by atoms with Gasteiger partial charge in [0, 0.05) is 18.3 Å². The number of aliphatic hydroxyl groups is 1. The first-order valence-electron chi connectivity index (χ1n) is 6.36. The molecule has 3 rings (SSSR count). The van der Waals surface area contributed by atoms with Crippen molar-refractivity contribution >= 4 is 0 Å². The van der Waals surface area contributed by atoms with Gasteiger partial charge in [0.05, 0.1) is 5.60 Å². The summed E-state index contributed by atoms with van der Waals surface area (Å²) in [7, 11) is 0. The van der Waals surface area contributed by atoms with Crippen molar-refractivity contribution in [3.8, 4) is 0 Å². The van der Waals surface area contributed by atoms with Gasteiger partial charge in [0.2, 0.25) is 0 Å². The standard InChI is InChI=1S/C14H19NO/c16-14(10-13-3-1-2-6-15-13)8-11-4-5-12(7-11)9-14/h1-3,6,11-12,16H,4-5,7-10H2/t11-,12+,14?. The van der Waals surface area contributed by atoms with Crippen LogP contribution in [0.4, 0.5) is 0 Å². The SMILES string of the molecule is OC1(Cc2ccccn2)C[C@@H]2CC[C@@H](C2)C1. The summed E-state index contributed by atoms with van der Waals surface area (Å²) >= 11 is 0. The molecule has 1 N–H and O–H groups in total. The van der Waals surface area contributed by atoms with E-state index in [1.807, 2.05) is 24.4 Å². The summed E-state index contributed by atoms with van der Waals surface area (Å²) in [4.78, 5) is 4.33. The van der Waals surface area contributed by atoms with Crippen LogP contribution in [0.25, 0.3) is 0 Å². The fraction of sp³-hybridized carbons (Fsp3) is 0.643. The number of hydrogen-bond acceptors (Lipinski definition) is 2. The first-order chi connectivity index (χ1) is 7.73. The average molecular weight is 217 g/mol. The number of hydrogen-bond donors (Lipinski definition) is 1. The van der Waals surface area contributed by atoms with Crippen LogP contribution in [0, 0.1) is 11.8 Å². The van der Waals surface area contributed by atoms with Crippen molar-refractivity contribution in [3.63, 3.8) is 0 Å². The fourth-order valence-electron chi connectivity index (χ4n) is 3.69. The lowest BCUT2D eigenvalue weighted by molar-refractivity contribution is -0.0206. The Bertz CT molecular complexity index is 350. The third-order valence-electron chi connectivity index (χ3n) is 4.22.